The second-order valence-electron chi connectivity index (χ2n) is 4.69. The van der Waals surface area contributed by atoms with Crippen LogP contribution in [0.4, 0.5) is 4.39 Å². The quantitative estimate of drug-likeness (QED) is 0.562. The molecule has 2 aromatic carbocycles. The molecule has 0 spiro atoms. The zero-order valence-corrected chi connectivity index (χ0v) is 12.6. The number of nitrogens with two attached hydrogens (primary N) is 1. The van der Waals surface area contributed by atoms with Gasteiger partial charge in [0.05, 0.1) is 16.0 Å². The average Bonchev–Trinajstić information content (AvgIpc) is 2.52. The van der Waals surface area contributed by atoms with Gasteiger partial charge in [-0.15, -0.1) is 0 Å². The van der Waals surface area contributed by atoms with Crippen LogP contribution in [0.15, 0.2) is 59.2 Å². The Hall–Kier alpha value is -1.82. The molecule has 3 rings (SSSR count). The molecule has 3 nitrogen and oxygen atoms in total. The van der Waals surface area contributed by atoms with E-state index in [2.05, 4.69) is 26.3 Å². The van der Waals surface area contributed by atoms with Crippen molar-refractivity contribution >= 4 is 26.8 Å². The van der Waals surface area contributed by atoms with E-state index in [0.29, 0.717) is 4.47 Å². The summed E-state index contributed by atoms with van der Waals surface area (Å²) in [5, 5.41) is 1.02. The molecule has 0 fully saturated rings. The molecular formula is C16H13BrFN3. The maximum Gasteiger partial charge on any atom is 0.137 e. The van der Waals surface area contributed by atoms with Crippen LogP contribution < -0.4 is 11.3 Å². The van der Waals surface area contributed by atoms with Crippen molar-refractivity contribution in [3.05, 3.63) is 76.1 Å². The summed E-state index contributed by atoms with van der Waals surface area (Å²) in [7, 11) is 0. The molecule has 0 aliphatic rings. The maximum absolute atomic E-state index is 13.4. The molecule has 1 heterocycles. The first-order chi connectivity index (χ1) is 10.2. The van der Waals surface area contributed by atoms with Gasteiger partial charge in [0.25, 0.3) is 0 Å². The Morgan fingerprint density at radius 1 is 1.14 bits per heavy atom. The van der Waals surface area contributed by atoms with Crippen molar-refractivity contribution in [1.29, 1.82) is 0 Å². The van der Waals surface area contributed by atoms with Gasteiger partial charge < -0.3 is 0 Å². The summed E-state index contributed by atoms with van der Waals surface area (Å²) in [6, 6.07) is 14.4. The number of benzene rings is 2. The van der Waals surface area contributed by atoms with Gasteiger partial charge in [0.2, 0.25) is 0 Å². The zero-order valence-electron chi connectivity index (χ0n) is 11.1. The van der Waals surface area contributed by atoms with E-state index in [9.17, 15) is 4.39 Å². The molecule has 0 saturated heterocycles. The summed E-state index contributed by atoms with van der Waals surface area (Å²) in [4.78, 5) is 4.35. The number of fused-ring (bicyclic) bond motifs is 1. The van der Waals surface area contributed by atoms with E-state index in [4.69, 9.17) is 5.84 Å². The van der Waals surface area contributed by atoms with E-state index in [-0.39, 0.29) is 11.9 Å². The van der Waals surface area contributed by atoms with E-state index in [1.54, 1.807) is 18.3 Å². The lowest BCUT2D eigenvalue weighted by atomic mass is 9.95. The third kappa shape index (κ3) is 2.68. The average molecular weight is 346 g/mol. The number of pyridine rings is 1. The molecule has 0 aliphatic heterocycles. The molecule has 21 heavy (non-hydrogen) atoms. The fraction of sp³-hybridized carbons (Fsp3) is 0.0625. The Morgan fingerprint density at radius 2 is 2.00 bits per heavy atom. The minimum absolute atomic E-state index is 0.241. The number of hydrazine groups is 1. The predicted octanol–water partition coefficient (Wildman–Crippen LogP) is 3.69. The van der Waals surface area contributed by atoms with Crippen LogP contribution in [0.25, 0.3) is 10.9 Å². The second-order valence-corrected chi connectivity index (χ2v) is 5.54. The van der Waals surface area contributed by atoms with E-state index in [0.717, 1.165) is 22.0 Å². The van der Waals surface area contributed by atoms with Gasteiger partial charge in [-0.2, -0.15) is 0 Å². The number of aromatic nitrogens is 1. The Labute approximate surface area is 130 Å². The lowest BCUT2D eigenvalue weighted by Crippen LogP contribution is -2.29. The van der Waals surface area contributed by atoms with E-state index in [1.807, 2.05) is 30.3 Å². The van der Waals surface area contributed by atoms with Crippen LogP contribution in [-0.4, -0.2) is 4.98 Å². The van der Waals surface area contributed by atoms with Crippen LogP contribution in [0.1, 0.15) is 17.2 Å². The molecule has 3 aromatic rings. The van der Waals surface area contributed by atoms with E-state index in [1.165, 1.54) is 6.07 Å². The fourth-order valence-corrected chi connectivity index (χ4v) is 2.83. The van der Waals surface area contributed by atoms with Crippen LogP contribution in [0.3, 0.4) is 0 Å². The number of rotatable bonds is 3. The SMILES string of the molecule is NNC(c1ccc(F)c(Br)c1)c1cccc2ncccc12. The smallest absolute Gasteiger partial charge is 0.137 e. The lowest BCUT2D eigenvalue weighted by molar-refractivity contribution is 0.611. The molecule has 3 N–H and O–H groups in total. The van der Waals surface area contributed by atoms with Crippen LogP contribution in [0.2, 0.25) is 0 Å². The van der Waals surface area contributed by atoms with Gasteiger partial charge in [-0.3, -0.25) is 10.8 Å². The summed E-state index contributed by atoms with van der Waals surface area (Å²) >= 11 is 3.21. The third-order valence-corrected chi connectivity index (χ3v) is 4.04. The first kappa shape index (κ1) is 14.1. The minimum atomic E-state index is -0.297. The number of nitrogens with one attached hydrogen (secondary N) is 1. The molecule has 1 aromatic heterocycles. The first-order valence-electron chi connectivity index (χ1n) is 6.45. The summed E-state index contributed by atoms with van der Waals surface area (Å²) in [6.45, 7) is 0. The van der Waals surface area contributed by atoms with Crippen molar-refractivity contribution < 1.29 is 4.39 Å². The van der Waals surface area contributed by atoms with Gasteiger partial charge >= 0.3 is 0 Å². The van der Waals surface area contributed by atoms with Crippen molar-refractivity contribution in [3.8, 4) is 0 Å². The zero-order chi connectivity index (χ0) is 14.8. The maximum atomic E-state index is 13.4. The highest BCUT2D eigenvalue weighted by Crippen LogP contribution is 2.29. The Bertz CT molecular complexity index is 786. The molecule has 0 radical (unpaired) electrons. The van der Waals surface area contributed by atoms with Crippen molar-refractivity contribution in [3.63, 3.8) is 0 Å². The van der Waals surface area contributed by atoms with Crippen LogP contribution in [0.5, 0.6) is 0 Å². The summed E-state index contributed by atoms with van der Waals surface area (Å²) < 4.78 is 13.8. The van der Waals surface area contributed by atoms with Crippen LogP contribution in [0, 0.1) is 5.82 Å². The Balaban J connectivity index is 2.16. The highest BCUT2D eigenvalue weighted by atomic mass is 79.9. The van der Waals surface area contributed by atoms with E-state index >= 15 is 0 Å². The molecule has 1 unspecified atom stereocenters. The largest absolute Gasteiger partial charge is 0.271 e. The number of nitrogens with zero attached hydrogens (tertiary/aromatic N) is 1. The molecule has 0 aliphatic carbocycles. The highest BCUT2D eigenvalue weighted by Gasteiger charge is 2.16. The van der Waals surface area contributed by atoms with Gasteiger partial charge in [0.15, 0.2) is 0 Å². The molecule has 0 amide bonds. The number of hydrogen-bond donors (Lipinski definition) is 2. The monoisotopic (exact) mass is 345 g/mol. The topological polar surface area (TPSA) is 50.9 Å². The highest BCUT2D eigenvalue weighted by molar-refractivity contribution is 9.10. The van der Waals surface area contributed by atoms with Crippen molar-refractivity contribution in [2.24, 2.45) is 5.84 Å². The molecule has 106 valence electrons. The van der Waals surface area contributed by atoms with E-state index < -0.39 is 0 Å². The third-order valence-electron chi connectivity index (χ3n) is 3.43. The normalized spacial score (nSPS) is 12.5. The molecule has 0 saturated carbocycles. The predicted molar refractivity (Wildman–Crippen MR) is 85.0 cm³/mol. The number of hydrogen-bond acceptors (Lipinski definition) is 3. The summed E-state index contributed by atoms with van der Waals surface area (Å²) in [5.41, 5.74) is 5.58. The Morgan fingerprint density at radius 3 is 2.76 bits per heavy atom. The number of halogens is 2. The van der Waals surface area contributed by atoms with Crippen molar-refractivity contribution in [1.82, 2.24) is 10.4 Å². The first-order valence-corrected chi connectivity index (χ1v) is 7.24. The van der Waals surface area contributed by atoms with Crippen LogP contribution >= 0.6 is 15.9 Å². The standard InChI is InChI=1S/C16H13BrFN3/c17-13-9-10(6-7-14(13)18)16(21-19)12-3-1-5-15-11(12)4-2-8-20-15/h1-9,16,21H,19H2. The molecule has 0 bridgehead atoms. The van der Waals surface area contributed by atoms with Gasteiger partial charge in [0.1, 0.15) is 5.82 Å². The molecule has 1 atom stereocenters. The van der Waals surface area contributed by atoms with Gasteiger partial charge in [0, 0.05) is 11.6 Å². The fourth-order valence-electron chi connectivity index (χ4n) is 2.44. The van der Waals surface area contributed by atoms with Crippen molar-refractivity contribution in [2.45, 2.75) is 6.04 Å². The van der Waals surface area contributed by atoms with Gasteiger partial charge in [-0.25, -0.2) is 9.82 Å². The summed E-state index contributed by atoms with van der Waals surface area (Å²) in [5.74, 6) is 5.44. The molecular weight excluding hydrogens is 333 g/mol. The van der Waals surface area contributed by atoms with Crippen LogP contribution in [-0.2, 0) is 0 Å². The van der Waals surface area contributed by atoms with Gasteiger partial charge in [-0.05, 0) is 51.3 Å². The summed E-state index contributed by atoms with van der Waals surface area (Å²) in [6.07, 6.45) is 1.76. The van der Waals surface area contributed by atoms with Gasteiger partial charge in [-0.1, -0.05) is 24.3 Å². The lowest BCUT2D eigenvalue weighted by Gasteiger charge is -2.19. The Kier molecular flexibility index (Phi) is 3.96. The van der Waals surface area contributed by atoms with Crippen molar-refractivity contribution in [2.75, 3.05) is 0 Å². The minimum Gasteiger partial charge on any atom is -0.271 e. The second kappa shape index (κ2) is 5.89. The molecule has 5 heteroatoms.